The number of rotatable bonds is 5. The maximum Gasteiger partial charge on any atom is 0.312 e. The number of anilines is 1. The molecule has 3 aromatic rings. The third-order valence-corrected chi connectivity index (χ3v) is 5.26. The second kappa shape index (κ2) is 9.38. The van der Waals surface area contributed by atoms with Crippen molar-refractivity contribution in [3.05, 3.63) is 98.8 Å². The van der Waals surface area contributed by atoms with Crippen LogP contribution in [0, 0.1) is 15.9 Å². The number of nitrogens with one attached hydrogen (secondary N) is 1. The molecule has 34 heavy (non-hydrogen) atoms. The van der Waals surface area contributed by atoms with Crippen molar-refractivity contribution in [1.29, 1.82) is 0 Å². The van der Waals surface area contributed by atoms with Gasteiger partial charge >= 0.3 is 5.69 Å². The van der Waals surface area contributed by atoms with Crippen molar-refractivity contribution in [2.24, 2.45) is 0 Å². The number of nitro benzene ring substituents is 1. The highest BCUT2D eigenvalue weighted by molar-refractivity contribution is 7.80. The van der Waals surface area contributed by atoms with Crippen molar-refractivity contribution >= 4 is 58.2 Å². The lowest BCUT2D eigenvalue weighted by Gasteiger charge is -2.28. The molecule has 1 fully saturated rings. The van der Waals surface area contributed by atoms with Crippen LogP contribution in [0.1, 0.15) is 5.56 Å². The van der Waals surface area contributed by atoms with E-state index in [0.29, 0.717) is 10.7 Å². The number of halogens is 2. The third-order valence-electron chi connectivity index (χ3n) is 4.72. The molecule has 1 saturated heterocycles. The van der Waals surface area contributed by atoms with E-state index >= 15 is 0 Å². The molecule has 11 heteroatoms. The normalized spacial score (nSPS) is 14.8. The summed E-state index contributed by atoms with van der Waals surface area (Å²) < 4.78 is 18.6. The first-order valence-corrected chi connectivity index (χ1v) is 10.4. The van der Waals surface area contributed by atoms with E-state index in [1.807, 2.05) is 0 Å². The highest BCUT2D eigenvalue weighted by atomic mass is 35.5. The molecule has 0 aliphatic carbocycles. The lowest BCUT2D eigenvalue weighted by molar-refractivity contribution is -0.385. The van der Waals surface area contributed by atoms with Crippen LogP contribution in [0.2, 0.25) is 5.02 Å². The molecule has 4 rings (SSSR count). The van der Waals surface area contributed by atoms with Crippen LogP contribution in [-0.2, 0) is 9.59 Å². The highest BCUT2D eigenvalue weighted by Crippen LogP contribution is 2.33. The summed E-state index contributed by atoms with van der Waals surface area (Å²) in [6.45, 7) is 0. The van der Waals surface area contributed by atoms with Gasteiger partial charge in [0, 0.05) is 11.1 Å². The predicted molar refractivity (Wildman–Crippen MR) is 127 cm³/mol. The van der Waals surface area contributed by atoms with Crippen LogP contribution in [0.5, 0.6) is 11.5 Å². The minimum atomic E-state index is -0.741. The van der Waals surface area contributed by atoms with Crippen molar-refractivity contribution in [2.75, 3.05) is 4.90 Å². The van der Waals surface area contributed by atoms with Gasteiger partial charge in [0.15, 0.2) is 5.11 Å². The van der Waals surface area contributed by atoms with Crippen LogP contribution in [-0.4, -0.2) is 21.9 Å². The van der Waals surface area contributed by atoms with Gasteiger partial charge in [0.2, 0.25) is 5.75 Å². The second-order valence-electron chi connectivity index (χ2n) is 6.97. The molecule has 1 N–H and O–H groups in total. The van der Waals surface area contributed by atoms with Gasteiger partial charge in [0.1, 0.15) is 17.1 Å². The molecule has 0 unspecified atom stereocenters. The molecule has 8 nitrogen and oxygen atoms in total. The summed E-state index contributed by atoms with van der Waals surface area (Å²) >= 11 is 11.0. The molecule has 0 radical (unpaired) electrons. The molecule has 0 bridgehead atoms. The molecule has 1 heterocycles. The predicted octanol–water partition coefficient (Wildman–Crippen LogP) is 5.01. The molecule has 2 amide bonds. The monoisotopic (exact) mass is 497 g/mol. The van der Waals surface area contributed by atoms with Gasteiger partial charge in [0.25, 0.3) is 11.8 Å². The fraction of sp³-hybridized carbons (Fsp3) is 0. The third kappa shape index (κ3) is 4.77. The van der Waals surface area contributed by atoms with Gasteiger partial charge in [-0.25, -0.2) is 4.39 Å². The molecule has 0 aromatic heterocycles. The number of nitro groups is 1. The van der Waals surface area contributed by atoms with E-state index in [9.17, 15) is 24.1 Å². The Morgan fingerprint density at radius 1 is 1.06 bits per heavy atom. The summed E-state index contributed by atoms with van der Waals surface area (Å²) in [5.74, 6) is -1.82. The van der Waals surface area contributed by atoms with Gasteiger partial charge in [-0.2, -0.15) is 0 Å². The largest absolute Gasteiger partial charge is 0.450 e. The summed E-state index contributed by atoms with van der Waals surface area (Å²) in [6, 6.07) is 15.1. The molecule has 3 aromatic carbocycles. The number of benzene rings is 3. The molecular weight excluding hydrogens is 485 g/mol. The maximum atomic E-state index is 13.1. The van der Waals surface area contributed by atoms with Gasteiger partial charge in [-0.3, -0.25) is 29.9 Å². The van der Waals surface area contributed by atoms with E-state index in [1.165, 1.54) is 30.3 Å². The maximum absolute atomic E-state index is 13.1. The summed E-state index contributed by atoms with van der Waals surface area (Å²) in [4.78, 5) is 37.6. The van der Waals surface area contributed by atoms with Crippen LogP contribution in [0.4, 0.5) is 15.8 Å². The van der Waals surface area contributed by atoms with Crippen LogP contribution in [0.3, 0.4) is 0 Å². The van der Waals surface area contributed by atoms with Crippen molar-refractivity contribution in [3.8, 4) is 11.5 Å². The number of nitrogens with zero attached hydrogens (tertiary/aromatic N) is 2. The number of carbonyl (C=O) groups is 2. The molecule has 1 aliphatic heterocycles. The first-order valence-electron chi connectivity index (χ1n) is 9.62. The summed E-state index contributed by atoms with van der Waals surface area (Å²) in [6.07, 6.45) is 1.22. The van der Waals surface area contributed by atoms with Crippen molar-refractivity contribution in [2.45, 2.75) is 0 Å². The molecule has 0 atom stereocenters. The van der Waals surface area contributed by atoms with E-state index in [1.54, 1.807) is 24.3 Å². The number of hydrogen-bond acceptors (Lipinski definition) is 6. The average molecular weight is 498 g/mol. The zero-order valence-corrected chi connectivity index (χ0v) is 18.6. The number of amides is 2. The van der Waals surface area contributed by atoms with Gasteiger partial charge in [-0.05, 0) is 78.5 Å². The molecule has 0 saturated carbocycles. The molecular formula is C23H13ClFN3O5S. The minimum Gasteiger partial charge on any atom is -0.450 e. The van der Waals surface area contributed by atoms with Crippen LogP contribution in [0.25, 0.3) is 6.08 Å². The topological polar surface area (TPSA) is 102 Å². The van der Waals surface area contributed by atoms with Crippen LogP contribution < -0.4 is 15.0 Å². The average Bonchev–Trinajstić information content (AvgIpc) is 2.80. The zero-order chi connectivity index (χ0) is 24.4. The first kappa shape index (κ1) is 23.0. The zero-order valence-electron chi connectivity index (χ0n) is 17.0. The fourth-order valence-electron chi connectivity index (χ4n) is 3.13. The van der Waals surface area contributed by atoms with E-state index in [0.717, 1.165) is 23.1 Å². The van der Waals surface area contributed by atoms with Crippen molar-refractivity contribution in [3.63, 3.8) is 0 Å². The number of ether oxygens (including phenoxy) is 1. The standard InChI is InChI=1S/C23H13ClFN3O5S/c24-14-2-6-16(7-3-14)27-22(30)18(21(29)26-23(27)34)11-13-1-10-20(19(12-13)28(31)32)33-17-8-4-15(25)5-9-17/h1-12H,(H,26,29,34). The van der Waals surface area contributed by atoms with E-state index in [2.05, 4.69) is 5.32 Å². The Morgan fingerprint density at radius 3 is 2.38 bits per heavy atom. The quantitative estimate of drug-likeness (QED) is 0.175. The van der Waals surface area contributed by atoms with Gasteiger partial charge in [-0.15, -0.1) is 0 Å². The lowest BCUT2D eigenvalue weighted by Crippen LogP contribution is -2.54. The molecule has 1 aliphatic rings. The first-order chi connectivity index (χ1) is 16.2. The summed E-state index contributed by atoms with van der Waals surface area (Å²) in [5.41, 5.74) is -0.0858. The summed E-state index contributed by atoms with van der Waals surface area (Å²) in [7, 11) is 0. The smallest absolute Gasteiger partial charge is 0.312 e. The lowest BCUT2D eigenvalue weighted by atomic mass is 10.1. The fourth-order valence-corrected chi connectivity index (χ4v) is 3.54. The van der Waals surface area contributed by atoms with E-state index < -0.39 is 28.2 Å². The van der Waals surface area contributed by atoms with Crippen molar-refractivity contribution in [1.82, 2.24) is 5.32 Å². The minimum absolute atomic E-state index is 0.0952. The summed E-state index contributed by atoms with van der Waals surface area (Å²) in [5, 5.41) is 14.4. The number of carbonyl (C=O) groups excluding carboxylic acids is 2. The van der Waals surface area contributed by atoms with Crippen molar-refractivity contribution < 1.29 is 23.6 Å². The Kier molecular flexibility index (Phi) is 6.35. The Hall–Kier alpha value is -4.15. The van der Waals surface area contributed by atoms with Gasteiger partial charge < -0.3 is 4.74 Å². The Bertz CT molecular complexity index is 1360. The van der Waals surface area contributed by atoms with E-state index in [4.69, 9.17) is 28.6 Å². The van der Waals surface area contributed by atoms with Gasteiger partial charge in [0.05, 0.1) is 10.6 Å². The SMILES string of the molecule is O=C1NC(=S)N(c2ccc(Cl)cc2)C(=O)C1=Cc1ccc(Oc2ccc(F)cc2)c([N+](=O)[O-])c1. The number of thiocarbonyl (C=S) groups is 1. The molecule has 170 valence electrons. The Balaban J connectivity index is 1.68. The Morgan fingerprint density at radius 2 is 1.74 bits per heavy atom. The van der Waals surface area contributed by atoms with Crippen LogP contribution >= 0.6 is 23.8 Å². The van der Waals surface area contributed by atoms with E-state index in [-0.39, 0.29) is 27.7 Å². The Labute approximate surface area is 202 Å². The second-order valence-corrected chi connectivity index (χ2v) is 7.80. The molecule has 0 spiro atoms. The van der Waals surface area contributed by atoms with Crippen LogP contribution in [0.15, 0.2) is 72.3 Å². The van der Waals surface area contributed by atoms with Gasteiger partial charge in [-0.1, -0.05) is 17.7 Å². The number of hydrogen-bond donors (Lipinski definition) is 1. The highest BCUT2D eigenvalue weighted by Gasteiger charge is 2.34.